The van der Waals surface area contributed by atoms with Crippen LogP contribution >= 0.6 is 0 Å². The predicted octanol–water partition coefficient (Wildman–Crippen LogP) is 4.67. The number of nitrogens with zero attached hydrogens (tertiary/aromatic N) is 2. The molecular formula is C24H24N2O6. The maximum atomic E-state index is 11.3. The van der Waals surface area contributed by atoms with Crippen LogP contribution in [0.2, 0.25) is 0 Å². The van der Waals surface area contributed by atoms with Crippen LogP contribution in [-0.2, 0) is 12.8 Å². The van der Waals surface area contributed by atoms with E-state index in [1.54, 1.807) is 48.5 Å². The molecule has 166 valence electrons. The molecule has 0 aromatic heterocycles. The lowest BCUT2D eigenvalue weighted by Gasteiger charge is -2.16. The van der Waals surface area contributed by atoms with Crippen molar-refractivity contribution < 1.29 is 20.1 Å². The smallest absolute Gasteiger partial charge is 0.272 e. The topological polar surface area (TPSA) is 127 Å². The molecule has 32 heavy (non-hydrogen) atoms. The van der Waals surface area contributed by atoms with E-state index in [0.717, 1.165) is 11.1 Å². The maximum Gasteiger partial charge on any atom is 0.272 e. The van der Waals surface area contributed by atoms with Gasteiger partial charge < -0.3 is 10.2 Å². The highest BCUT2D eigenvalue weighted by Gasteiger charge is 2.21. The van der Waals surface area contributed by atoms with Crippen molar-refractivity contribution in [2.75, 3.05) is 0 Å². The van der Waals surface area contributed by atoms with Gasteiger partial charge in [-0.15, -0.1) is 0 Å². The average molecular weight is 436 g/mol. The summed E-state index contributed by atoms with van der Waals surface area (Å²) in [6, 6.07) is 16.2. The zero-order valence-electron chi connectivity index (χ0n) is 17.8. The second-order valence-corrected chi connectivity index (χ2v) is 7.89. The second-order valence-electron chi connectivity index (χ2n) is 7.89. The number of aliphatic hydroxyl groups excluding tert-OH is 2. The van der Waals surface area contributed by atoms with Gasteiger partial charge in [0, 0.05) is 36.1 Å². The van der Waals surface area contributed by atoms with Gasteiger partial charge in [0.1, 0.15) is 0 Å². The molecule has 0 aliphatic carbocycles. The first-order valence-corrected chi connectivity index (χ1v) is 10.1. The molecule has 0 heterocycles. The molecular weight excluding hydrogens is 412 g/mol. The third kappa shape index (κ3) is 5.35. The molecule has 3 rings (SSSR count). The number of aryl methyl sites for hydroxylation is 2. The highest BCUT2D eigenvalue weighted by atomic mass is 16.6. The Bertz CT molecular complexity index is 1070. The van der Waals surface area contributed by atoms with Gasteiger partial charge in [-0.3, -0.25) is 20.2 Å². The van der Waals surface area contributed by atoms with Gasteiger partial charge in [-0.25, -0.2) is 0 Å². The van der Waals surface area contributed by atoms with Gasteiger partial charge in [-0.2, -0.15) is 0 Å². The molecule has 0 saturated heterocycles. The van der Waals surface area contributed by atoms with E-state index in [1.807, 2.05) is 13.8 Å². The zero-order chi connectivity index (χ0) is 23.4. The van der Waals surface area contributed by atoms with E-state index in [4.69, 9.17) is 0 Å². The number of aliphatic hydroxyl groups is 2. The molecule has 0 aliphatic heterocycles. The summed E-state index contributed by atoms with van der Waals surface area (Å²) in [5.41, 5.74) is 3.42. The van der Waals surface area contributed by atoms with Crippen molar-refractivity contribution >= 4 is 11.4 Å². The summed E-state index contributed by atoms with van der Waals surface area (Å²) in [6.45, 7) is 3.64. The van der Waals surface area contributed by atoms with Crippen LogP contribution in [0.15, 0.2) is 60.7 Å². The van der Waals surface area contributed by atoms with E-state index in [0.29, 0.717) is 22.3 Å². The van der Waals surface area contributed by atoms with Gasteiger partial charge in [-0.05, 0) is 37.1 Å². The second kappa shape index (κ2) is 9.67. The van der Waals surface area contributed by atoms with Crippen molar-refractivity contribution in [3.05, 3.63) is 114 Å². The van der Waals surface area contributed by atoms with Gasteiger partial charge in [0.15, 0.2) is 0 Å². The van der Waals surface area contributed by atoms with Crippen molar-refractivity contribution in [1.82, 2.24) is 0 Å². The van der Waals surface area contributed by atoms with Gasteiger partial charge in [0.2, 0.25) is 0 Å². The molecule has 0 spiro atoms. The Balaban J connectivity index is 1.83. The number of benzene rings is 3. The van der Waals surface area contributed by atoms with Crippen molar-refractivity contribution in [3.63, 3.8) is 0 Å². The first-order valence-electron chi connectivity index (χ1n) is 10.1. The normalized spacial score (nSPS) is 12.9. The van der Waals surface area contributed by atoms with Crippen LogP contribution in [0, 0.1) is 34.1 Å². The summed E-state index contributed by atoms with van der Waals surface area (Å²) in [7, 11) is 0. The fourth-order valence-corrected chi connectivity index (χ4v) is 3.74. The lowest BCUT2D eigenvalue weighted by Crippen LogP contribution is -2.08. The van der Waals surface area contributed by atoms with E-state index in [-0.39, 0.29) is 24.2 Å². The van der Waals surface area contributed by atoms with Crippen LogP contribution in [0.4, 0.5) is 11.4 Å². The minimum Gasteiger partial charge on any atom is -0.388 e. The third-order valence-electron chi connectivity index (χ3n) is 5.37. The van der Waals surface area contributed by atoms with Gasteiger partial charge in [0.25, 0.3) is 11.4 Å². The molecule has 0 radical (unpaired) electrons. The number of hydrogen-bond acceptors (Lipinski definition) is 6. The van der Waals surface area contributed by atoms with E-state index in [1.165, 1.54) is 12.1 Å². The first-order chi connectivity index (χ1) is 15.2. The van der Waals surface area contributed by atoms with Crippen LogP contribution in [0.5, 0.6) is 0 Å². The zero-order valence-corrected chi connectivity index (χ0v) is 17.8. The third-order valence-corrected chi connectivity index (χ3v) is 5.37. The van der Waals surface area contributed by atoms with Gasteiger partial charge in [0.05, 0.1) is 22.1 Å². The van der Waals surface area contributed by atoms with E-state index in [2.05, 4.69) is 0 Å². The molecule has 2 atom stereocenters. The summed E-state index contributed by atoms with van der Waals surface area (Å²) in [5.74, 6) is 0. The molecule has 2 unspecified atom stereocenters. The van der Waals surface area contributed by atoms with E-state index < -0.39 is 22.1 Å². The Kier molecular flexibility index (Phi) is 6.97. The minimum atomic E-state index is -1.02. The largest absolute Gasteiger partial charge is 0.388 e. The summed E-state index contributed by atoms with van der Waals surface area (Å²) >= 11 is 0. The highest BCUT2D eigenvalue weighted by molar-refractivity contribution is 5.45. The predicted molar refractivity (Wildman–Crippen MR) is 119 cm³/mol. The lowest BCUT2D eigenvalue weighted by molar-refractivity contribution is -0.385. The maximum absolute atomic E-state index is 11.3. The molecule has 8 nitrogen and oxygen atoms in total. The molecule has 0 amide bonds. The Morgan fingerprint density at radius 2 is 1.12 bits per heavy atom. The molecule has 3 aromatic rings. The first kappa shape index (κ1) is 23.1. The quantitative estimate of drug-likeness (QED) is 0.390. The summed E-state index contributed by atoms with van der Waals surface area (Å²) < 4.78 is 0. The van der Waals surface area contributed by atoms with E-state index >= 15 is 0 Å². The van der Waals surface area contributed by atoms with Crippen LogP contribution in [-0.4, -0.2) is 20.1 Å². The van der Waals surface area contributed by atoms with Crippen LogP contribution in [0.25, 0.3) is 0 Å². The summed E-state index contributed by atoms with van der Waals surface area (Å²) in [4.78, 5) is 21.7. The Morgan fingerprint density at radius 1 is 0.719 bits per heavy atom. The minimum absolute atomic E-state index is 0.0426. The van der Waals surface area contributed by atoms with Crippen molar-refractivity contribution in [2.24, 2.45) is 0 Å². The molecule has 0 saturated carbocycles. The number of nitro benzene ring substituents is 2. The Hall–Kier alpha value is -3.62. The SMILES string of the molecule is Cc1ccc([N+](=O)[O-])c(CC(O)c2cccc(C(O)Cc3cc(C)ccc3[N+](=O)[O-])c2)c1. The molecule has 0 aliphatic rings. The fourth-order valence-electron chi connectivity index (χ4n) is 3.74. The van der Waals surface area contributed by atoms with E-state index in [9.17, 15) is 30.4 Å². The fraction of sp³-hybridized carbons (Fsp3) is 0.250. The average Bonchev–Trinajstić information content (AvgIpc) is 2.73. The summed E-state index contributed by atoms with van der Waals surface area (Å²) in [5, 5.41) is 44.1. The van der Waals surface area contributed by atoms with Crippen LogP contribution in [0.1, 0.15) is 45.6 Å². The number of nitro groups is 2. The van der Waals surface area contributed by atoms with Crippen molar-refractivity contribution in [2.45, 2.75) is 38.9 Å². The Labute approximate surface area is 185 Å². The summed E-state index contributed by atoms with van der Waals surface area (Å²) in [6.07, 6.45) is -1.95. The molecule has 0 bridgehead atoms. The highest BCUT2D eigenvalue weighted by Crippen LogP contribution is 2.30. The van der Waals surface area contributed by atoms with Gasteiger partial charge >= 0.3 is 0 Å². The standard InChI is InChI=1S/C24H24N2O6/c1-15-6-8-21(25(29)30)19(10-15)13-23(27)17-4-3-5-18(12-17)24(28)14-20-11-16(2)7-9-22(20)26(31)32/h3-12,23-24,27-28H,13-14H2,1-2H3. The molecule has 2 N–H and O–H groups in total. The van der Waals surface area contributed by atoms with Gasteiger partial charge in [-0.1, -0.05) is 47.5 Å². The number of rotatable bonds is 8. The molecule has 3 aromatic carbocycles. The van der Waals surface area contributed by atoms with Crippen molar-refractivity contribution in [1.29, 1.82) is 0 Å². The van der Waals surface area contributed by atoms with Crippen LogP contribution < -0.4 is 0 Å². The lowest BCUT2D eigenvalue weighted by atomic mass is 9.94. The monoisotopic (exact) mass is 436 g/mol. The van der Waals surface area contributed by atoms with Crippen molar-refractivity contribution in [3.8, 4) is 0 Å². The Morgan fingerprint density at radius 3 is 1.50 bits per heavy atom. The molecule has 0 fully saturated rings. The van der Waals surface area contributed by atoms with Crippen LogP contribution in [0.3, 0.4) is 0 Å². The number of hydrogen-bond donors (Lipinski definition) is 2. The molecule has 8 heteroatoms.